The third kappa shape index (κ3) is 5.39. The summed E-state index contributed by atoms with van der Waals surface area (Å²) in [6.07, 6.45) is -0.555. The summed E-state index contributed by atoms with van der Waals surface area (Å²) in [5.41, 5.74) is 1.84. The van der Waals surface area contributed by atoms with Crippen molar-refractivity contribution in [3.8, 4) is 0 Å². The van der Waals surface area contributed by atoms with Crippen molar-refractivity contribution in [3.63, 3.8) is 0 Å². The molecule has 6 heteroatoms. The Labute approximate surface area is 111 Å². The molecule has 6 nitrogen and oxygen atoms in total. The highest BCUT2D eigenvalue weighted by atomic mass is 16.4. The first-order valence-electron chi connectivity index (χ1n) is 6.07. The number of hydrogen-bond donors (Lipinski definition) is 4. The summed E-state index contributed by atoms with van der Waals surface area (Å²) in [7, 11) is 0. The molecule has 0 heterocycles. The molecule has 1 rings (SSSR count). The Kier molecular flexibility index (Phi) is 5.81. The number of aryl methyl sites for hydroxylation is 1. The molecule has 1 aromatic rings. The van der Waals surface area contributed by atoms with Crippen LogP contribution in [0.5, 0.6) is 0 Å². The molecule has 19 heavy (non-hydrogen) atoms. The molecule has 0 aliphatic heterocycles. The van der Waals surface area contributed by atoms with Crippen molar-refractivity contribution in [3.05, 3.63) is 29.8 Å². The number of amides is 2. The lowest BCUT2D eigenvalue weighted by Gasteiger charge is -2.09. The van der Waals surface area contributed by atoms with Crippen molar-refractivity contribution in [2.45, 2.75) is 25.9 Å². The number of aliphatic hydroxyl groups excluding tert-OH is 1. The number of hydrogen-bond acceptors (Lipinski definition) is 3. The zero-order valence-corrected chi connectivity index (χ0v) is 10.7. The number of aliphatic carboxylic acids is 1. The van der Waals surface area contributed by atoms with Crippen LogP contribution in [0, 0.1) is 0 Å². The highest BCUT2D eigenvalue weighted by Crippen LogP contribution is 2.09. The molecule has 0 spiro atoms. The maximum Gasteiger partial charge on any atom is 0.332 e. The number of anilines is 1. The Morgan fingerprint density at radius 2 is 1.89 bits per heavy atom. The molecule has 0 radical (unpaired) electrons. The fraction of sp³-hybridized carbons (Fsp3) is 0.385. The second-order valence-electron chi connectivity index (χ2n) is 4.07. The predicted octanol–water partition coefficient (Wildman–Crippen LogP) is 1.21. The minimum Gasteiger partial charge on any atom is -0.479 e. The summed E-state index contributed by atoms with van der Waals surface area (Å²) < 4.78 is 0. The third-order valence-electron chi connectivity index (χ3n) is 2.61. The van der Waals surface area contributed by atoms with E-state index in [4.69, 9.17) is 10.2 Å². The summed E-state index contributed by atoms with van der Waals surface area (Å²) in [6.45, 7) is 2.13. The average molecular weight is 266 g/mol. The van der Waals surface area contributed by atoms with Crippen LogP contribution < -0.4 is 10.6 Å². The van der Waals surface area contributed by atoms with Crippen LogP contribution in [0.3, 0.4) is 0 Å². The van der Waals surface area contributed by atoms with Gasteiger partial charge in [-0.15, -0.1) is 0 Å². The van der Waals surface area contributed by atoms with E-state index in [1.807, 2.05) is 19.1 Å². The lowest BCUT2D eigenvalue weighted by Crippen LogP contribution is -2.33. The van der Waals surface area contributed by atoms with Crippen molar-refractivity contribution in [1.82, 2.24) is 5.32 Å². The number of urea groups is 1. The minimum absolute atomic E-state index is 0.0302. The summed E-state index contributed by atoms with van der Waals surface area (Å²) in [5, 5.41) is 22.6. The van der Waals surface area contributed by atoms with Gasteiger partial charge in [-0.1, -0.05) is 19.1 Å². The van der Waals surface area contributed by atoms with Crippen molar-refractivity contribution in [1.29, 1.82) is 0 Å². The first-order valence-corrected chi connectivity index (χ1v) is 6.07. The van der Waals surface area contributed by atoms with Gasteiger partial charge < -0.3 is 20.8 Å². The SMILES string of the molecule is CCc1ccc(NC(=O)NCCC(O)C(=O)O)cc1. The van der Waals surface area contributed by atoms with Crippen LogP contribution in [-0.2, 0) is 11.2 Å². The van der Waals surface area contributed by atoms with Crippen molar-refractivity contribution >= 4 is 17.7 Å². The van der Waals surface area contributed by atoms with Gasteiger partial charge in [-0.05, 0) is 24.1 Å². The first-order chi connectivity index (χ1) is 9.02. The van der Waals surface area contributed by atoms with Gasteiger partial charge in [0.2, 0.25) is 0 Å². The van der Waals surface area contributed by atoms with E-state index < -0.39 is 18.1 Å². The molecular formula is C13H18N2O4. The standard InChI is InChI=1S/C13H18N2O4/c1-2-9-3-5-10(6-4-9)15-13(19)14-8-7-11(16)12(17)18/h3-6,11,16H,2,7-8H2,1H3,(H,17,18)(H2,14,15,19). The molecule has 0 saturated carbocycles. The van der Waals surface area contributed by atoms with Gasteiger partial charge in [0.25, 0.3) is 0 Å². The Hall–Kier alpha value is -2.08. The van der Waals surface area contributed by atoms with E-state index in [9.17, 15) is 9.59 Å². The van der Waals surface area contributed by atoms with Gasteiger partial charge in [0.05, 0.1) is 0 Å². The molecule has 0 saturated heterocycles. The number of carboxylic acids is 1. The van der Waals surface area contributed by atoms with Crippen LogP contribution in [0.4, 0.5) is 10.5 Å². The number of carboxylic acid groups (broad SMARTS) is 1. The lowest BCUT2D eigenvalue weighted by molar-refractivity contribution is -0.146. The quantitative estimate of drug-likeness (QED) is 0.622. The molecule has 1 aromatic carbocycles. The summed E-state index contributed by atoms with van der Waals surface area (Å²) >= 11 is 0. The smallest absolute Gasteiger partial charge is 0.332 e. The van der Waals surface area contributed by atoms with Crippen LogP contribution in [0.2, 0.25) is 0 Å². The van der Waals surface area contributed by atoms with E-state index in [1.165, 1.54) is 5.56 Å². The summed E-state index contributed by atoms with van der Waals surface area (Å²) in [5.74, 6) is -1.29. The zero-order chi connectivity index (χ0) is 14.3. The Bertz CT molecular complexity index is 431. The highest BCUT2D eigenvalue weighted by molar-refractivity contribution is 5.89. The van der Waals surface area contributed by atoms with Crippen molar-refractivity contribution in [2.75, 3.05) is 11.9 Å². The van der Waals surface area contributed by atoms with Gasteiger partial charge in [0, 0.05) is 18.7 Å². The van der Waals surface area contributed by atoms with Gasteiger partial charge in [-0.2, -0.15) is 0 Å². The van der Waals surface area contributed by atoms with Crippen molar-refractivity contribution in [2.24, 2.45) is 0 Å². The minimum atomic E-state index is -1.45. The Morgan fingerprint density at radius 1 is 1.26 bits per heavy atom. The van der Waals surface area contributed by atoms with E-state index in [0.717, 1.165) is 6.42 Å². The van der Waals surface area contributed by atoms with E-state index in [0.29, 0.717) is 5.69 Å². The molecule has 2 amide bonds. The molecule has 104 valence electrons. The highest BCUT2D eigenvalue weighted by Gasteiger charge is 2.12. The van der Waals surface area contributed by atoms with Gasteiger partial charge in [-0.25, -0.2) is 9.59 Å². The predicted molar refractivity (Wildman–Crippen MR) is 71.1 cm³/mol. The summed E-state index contributed by atoms with van der Waals surface area (Å²) in [6, 6.07) is 7.00. The number of aliphatic hydroxyl groups is 1. The molecule has 1 unspecified atom stereocenters. The fourth-order valence-electron chi connectivity index (χ4n) is 1.44. The van der Waals surface area contributed by atoms with Crippen LogP contribution in [-0.4, -0.2) is 34.9 Å². The van der Waals surface area contributed by atoms with Crippen LogP contribution in [0.1, 0.15) is 18.9 Å². The molecule has 0 aliphatic rings. The normalized spacial score (nSPS) is 11.7. The molecule has 0 bridgehead atoms. The topological polar surface area (TPSA) is 98.7 Å². The van der Waals surface area contributed by atoms with Crippen LogP contribution >= 0.6 is 0 Å². The van der Waals surface area contributed by atoms with Gasteiger partial charge in [-0.3, -0.25) is 0 Å². The maximum atomic E-state index is 11.5. The molecular weight excluding hydrogens is 248 g/mol. The Morgan fingerprint density at radius 3 is 2.42 bits per heavy atom. The van der Waals surface area contributed by atoms with E-state index in [1.54, 1.807) is 12.1 Å². The summed E-state index contributed by atoms with van der Waals surface area (Å²) in [4.78, 5) is 21.8. The van der Waals surface area contributed by atoms with E-state index in [2.05, 4.69) is 10.6 Å². The number of benzene rings is 1. The maximum absolute atomic E-state index is 11.5. The van der Waals surface area contributed by atoms with Gasteiger partial charge in [0.15, 0.2) is 6.10 Å². The van der Waals surface area contributed by atoms with Crippen LogP contribution in [0.25, 0.3) is 0 Å². The van der Waals surface area contributed by atoms with Gasteiger partial charge >= 0.3 is 12.0 Å². The second-order valence-corrected chi connectivity index (χ2v) is 4.07. The number of carbonyl (C=O) groups excluding carboxylic acids is 1. The Balaban J connectivity index is 2.32. The van der Waals surface area contributed by atoms with Crippen LogP contribution in [0.15, 0.2) is 24.3 Å². The molecule has 1 atom stereocenters. The molecule has 4 N–H and O–H groups in total. The number of rotatable bonds is 6. The van der Waals surface area contributed by atoms with Gasteiger partial charge in [0.1, 0.15) is 0 Å². The lowest BCUT2D eigenvalue weighted by atomic mass is 10.1. The van der Waals surface area contributed by atoms with E-state index >= 15 is 0 Å². The third-order valence-corrected chi connectivity index (χ3v) is 2.61. The average Bonchev–Trinajstić information content (AvgIpc) is 2.39. The molecule has 0 fully saturated rings. The first kappa shape index (κ1) is 15.0. The molecule has 0 aromatic heterocycles. The number of nitrogens with one attached hydrogen (secondary N) is 2. The van der Waals surface area contributed by atoms with E-state index in [-0.39, 0.29) is 13.0 Å². The van der Waals surface area contributed by atoms with Crippen molar-refractivity contribution < 1.29 is 19.8 Å². The number of carbonyl (C=O) groups is 2. The zero-order valence-electron chi connectivity index (χ0n) is 10.7. The molecule has 0 aliphatic carbocycles. The largest absolute Gasteiger partial charge is 0.479 e. The second kappa shape index (κ2) is 7.38. The monoisotopic (exact) mass is 266 g/mol. The fourth-order valence-corrected chi connectivity index (χ4v) is 1.44.